The van der Waals surface area contributed by atoms with Crippen molar-refractivity contribution in [3.8, 4) is 57.4 Å². The number of alkyl halides is 9. The van der Waals surface area contributed by atoms with Crippen molar-refractivity contribution in [3.05, 3.63) is 295 Å². The molecule has 0 radical (unpaired) electrons. The van der Waals surface area contributed by atoms with Gasteiger partial charge in [0.2, 0.25) is 35.6 Å². The maximum atomic E-state index is 13.9. The number of hydrogen-bond acceptors (Lipinski definition) is 19. The van der Waals surface area contributed by atoms with E-state index >= 15 is 0 Å². The zero-order valence-corrected chi connectivity index (χ0v) is 66.6. The Kier molecular flexibility index (Phi) is 24.4. The second kappa shape index (κ2) is 35.2. The zero-order valence-electron chi connectivity index (χ0n) is 66.6. The third kappa shape index (κ3) is 19.3. The average Bonchev–Trinajstić information content (AvgIpc) is 1.63. The van der Waals surface area contributed by atoms with Gasteiger partial charge in [-0.05, 0) is 181 Å². The highest BCUT2D eigenvalue weighted by Gasteiger charge is 2.43. The molecule has 22 nitrogen and oxygen atoms in total. The monoisotopic (exact) mass is 1700 g/mol. The molecule has 0 saturated heterocycles. The Morgan fingerprint density at radius 1 is 0.358 bits per heavy atom. The zero-order chi connectivity index (χ0) is 87.5. The van der Waals surface area contributed by atoms with Crippen molar-refractivity contribution in [2.24, 2.45) is 0 Å². The first-order valence-electron chi connectivity index (χ1n) is 37.9. The van der Waals surface area contributed by atoms with Crippen molar-refractivity contribution in [3.63, 3.8) is 0 Å². The maximum absolute atomic E-state index is 13.9. The second-order valence-electron chi connectivity index (χ2n) is 28.8. The van der Waals surface area contributed by atoms with E-state index in [0.29, 0.717) is 136 Å². The van der Waals surface area contributed by atoms with Crippen LogP contribution in [-0.2, 0) is 98.0 Å². The molecule has 0 atom stereocenters. The first kappa shape index (κ1) is 85.2. The van der Waals surface area contributed by atoms with Gasteiger partial charge in [-0.2, -0.15) is 54.5 Å². The lowest BCUT2D eigenvalue weighted by Gasteiger charge is -2.26. The first-order chi connectivity index (χ1) is 58.7. The number of aromatic nitrogens is 6. The number of halogens is 12. The minimum atomic E-state index is -4.83. The van der Waals surface area contributed by atoms with Gasteiger partial charge in [0.25, 0.3) is 0 Å². The average molecular weight is 1700 g/mol. The van der Waals surface area contributed by atoms with Crippen molar-refractivity contribution in [2.45, 2.75) is 104 Å². The summed E-state index contributed by atoms with van der Waals surface area (Å²) in [5.74, 6) is 2.04. The van der Waals surface area contributed by atoms with Gasteiger partial charge >= 0.3 is 18.5 Å². The second-order valence-corrected chi connectivity index (χ2v) is 28.8. The van der Waals surface area contributed by atoms with Gasteiger partial charge in [-0.1, -0.05) is 66.7 Å². The van der Waals surface area contributed by atoms with Crippen LogP contribution < -0.4 is 49.2 Å². The first-order valence-corrected chi connectivity index (χ1v) is 37.9. The van der Waals surface area contributed by atoms with Crippen molar-refractivity contribution in [2.75, 3.05) is 58.7 Å². The lowest BCUT2D eigenvalue weighted by Crippen LogP contribution is -2.29. The summed E-state index contributed by atoms with van der Waals surface area (Å²) in [6.45, 7) is 5.28. The Labute approximate surface area is 694 Å². The molecule has 0 fully saturated rings. The highest BCUT2D eigenvalue weighted by atomic mass is 19.4. The number of ether oxygens (including phenoxy) is 4. The molecule has 0 bridgehead atoms. The molecule has 0 saturated carbocycles. The number of amides is 3. The summed E-state index contributed by atoms with van der Waals surface area (Å²) in [7, 11) is 6.32. The third-order valence-electron chi connectivity index (χ3n) is 20.3. The van der Waals surface area contributed by atoms with Gasteiger partial charge in [-0.3, -0.25) is 29.1 Å². The molecule has 0 aliphatic carbocycles. The number of nitrogens with two attached hydrogens (primary N) is 1. The van der Waals surface area contributed by atoms with E-state index in [-0.39, 0.29) is 71.3 Å². The molecule has 2 N–H and O–H groups in total. The summed E-state index contributed by atoms with van der Waals surface area (Å²) in [6.07, 6.45) is -14.8. The third-order valence-corrected chi connectivity index (χ3v) is 20.3. The van der Waals surface area contributed by atoms with Gasteiger partial charge in [0.05, 0.1) is 84.0 Å². The Balaban J connectivity index is 0.000000155. The molecule has 6 aromatic heterocycles. The van der Waals surface area contributed by atoms with E-state index < -0.39 is 90.0 Å². The van der Waals surface area contributed by atoms with Gasteiger partial charge in [0, 0.05) is 42.9 Å². The highest BCUT2D eigenvalue weighted by Crippen LogP contribution is 2.45. The molecule has 3 aliphatic rings. The fraction of sp³-hybridized carbons (Fsp3) is 0.225. The quantitative estimate of drug-likeness (QED) is 0.0585. The normalized spacial score (nSPS) is 13.0. The number of anilines is 6. The summed E-state index contributed by atoms with van der Waals surface area (Å²) in [5.41, 5.74) is 7.46. The molecule has 0 spiro atoms. The molecular formula is C89H74F12N12O10. The van der Waals surface area contributed by atoms with Crippen LogP contribution in [0, 0.1) is 38.2 Å². The number of nitrogen functional groups attached to an aromatic ring is 1. The van der Waals surface area contributed by atoms with Gasteiger partial charge in [-0.25, -0.2) is 28.1 Å². The van der Waals surface area contributed by atoms with E-state index in [1.54, 1.807) is 85.6 Å². The molecular weight excluding hydrogens is 1630 g/mol. The number of fused-ring (bicyclic) bond motifs is 3. The number of methoxy groups -OCH3 is 4. The van der Waals surface area contributed by atoms with Crippen LogP contribution in [0.4, 0.5) is 88.0 Å². The van der Waals surface area contributed by atoms with E-state index in [0.717, 1.165) is 63.6 Å². The van der Waals surface area contributed by atoms with Crippen molar-refractivity contribution < 1.29 is 99.3 Å². The Morgan fingerprint density at radius 2 is 0.618 bits per heavy atom. The molecule has 13 aromatic rings. The minimum Gasteiger partial charge on any atom is -0.497 e. The molecule has 3 amide bonds. The molecule has 123 heavy (non-hydrogen) atoms. The Hall–Kier alpha value is -14.2. The summed E-state index contributed by atoms with van der Waals surface area (Å²) >= 11 is 0. The molecule has 16 rings (SSSR count). The summed E-state index contributed by atoms with van der Waals surface area (Å²) in [5, 5.41) is 0. The topological polar surface area (TPSA) is 247 Å². The maximum Gasteiger partial charge on any atom is 0.416 e. The lowest BCUT2D eigenvalue weighted by atomic mass is 10.1. The van der Waals surface area contributed by atoms with Gasteiger partial charge in [0.1, 0.15) is 92.3 Å². The molecule has 7 aromatic carbocycles. The highest BCUT2D eigenvalue weighted by molar-refractivity contribution is 6.04. The summed E-state index contributed by atoms with van der Waals surface area (Å²) in [6, 6.07) is 47.5. The van der Waals surface area contributed by atoms with Crippen molar-refractivity contribution in [1.82, 2.24) is 29.9 Å². The van der Waals surface area contributed by atoms with Gasteiger partial charge in [-0.15, -0.1) is 0 Å². The van der Waals surface area contributed by atoms with Crippen molar-refractivity contribution >= 4 is 53.0 Å². The van der Waals surface area contributed by atoms with Crippen LogP contribution in [0.3, 0.4) is 0 Å². The molecule has 0 unspecified atom stereocenters. The molecule has 9 heterocycles. The Bertz CT molecular complexity index is 5700. The summed E-state index contributed by atoms with van der Waals surface area (Å²) < 4.78 is 203. The van der Waals surface area contributed by atoms with E-state index in [4.69, 9.17) is 57.9 Å². The van der Waals surface area contributed by atoms with Gasteiger partial charge in [0.15, 0.2) is 17.3 Å². The van der Waals surface area contributed by atoms with E-state index in [1.165, 1.54) is 9.80 Å². The largest absolute Gasteiger partial charge is 0.497 e. The minimum absolute atomic E-state index is 0.115. The Morgan fingerprint density at radius 3 is 0.862 bits per heavy atom. The number of aryl methyl sites for hydroxylation is 3. The number of benzene rings is 7. The predicted octanol–water partition coefficient (Wildman–Crippen LogP) is 18.9. The van der Waals surface area contributed by atoms with E-state index in [2.05, 4.69) is 9.97 Å². The number of nitrogens with zero attached hydrogens (tertiary/aromatic N) is 11. The van der Waals surface area contributed by atoms with Crippen LogP contribution in [0.15, 0.2) is 201 Å². The SMILES string of the molecule is COc1ccc(CN(Cc2ccc(OC)cc2)c2nc(-c3ccc(C)o3)c3c(n2)N(Cc2ccc(F)cc2C(F)(F)F)C(=O)C3)cc1.COc1ccc(CN(Cc2ccc(OC)cc2)c2nc(-c3ccc(C)o3)c3c(n2)N(Cc2ccc(F)cc2C(F)(F)F)C(=O)C3)cc1.Cc1ccc(-c2nc(N)nc3c2CC(=O)N3Cc2ccc(F)cc2C(F)(F)F)o1. The molecule has 34 heteroatoms. The van der Waals surface area contributed by atoms with E-state index in [9.17, 15) is 67.1 Å². The number of furan rings is 3. The predicted molar refractivity (Wildman–Crippen MR) is 428 cm³/mol. The van der Waals surface area contributed by atoms with Crippen LogP contribution in [0.5, 0.6) is 23.0 Å². The number of rotatable bonds is 23. The van der Waals surface area contributed by atoms with Crippen LogP contribution in [0.25, 0.3) is 34.4 Å². The fourth-order valence-corrected chi connectivity index (χ4v) is 14.3. The van der Waals surface area contributed by atoms with Crippen LogP contribution in [-0.4, -0.2) is 76.1 Å². The van der Waals surface area contributed by atoms with Crippen LogP contribution >= 0.6 is 0 Å². The standard InChI is InChI=1S/2C35H30F4N4O4.C19H14F4N4O2/c2*1-21-4-15-30(47-21)32-28-17-31(44)43(20-24-9-10-25(36)16-29(24)35(37,38)39)33(28)41-34(40-32)42(18-22-5-11-26(45-2)12-6-22)19-23-7-13-27(46-3)14-8-23;1-9-2-5-14(29-9)16-12-7-15(28)27(17(12)26-18(24)25-16)8-10-3-4-11(20)6-13(10)19(21,22)23/h2*4-16H,17-20H2,1-3H3;2-6H,7-8H2,1H3,(H2,24,25,26). The van der Waals surface area contributed by atoms with Gasteiger partial charge < -0.3 is 47.7 Å². The van der Waals surface area contributed by atoms with E-state index in [1.807, 2.05) is 107 Å². The fourth-order valence-electron chi connectivity index (χ4n) is 14.3. The van der Waals surface area contributed by atoms with Crippen LogP contribution in [0.1, 0.15) is 89.6 Å². The number of hydrogen-bond donors (Lipinski definition) is 1. The lowest BCUT2D eigenvalue weighted by molar-refractivity contribution is -0.139. The smallest absolute Gasteiger partial charge is 0.416 e. The molecule has 634 valence electrons. The number of carbonyl (C=O) groups excluding carboxylic acids is 3. The molecule has 3 aliphatic heterocycles. The number of carbonyl (C=O) groups is 3. The van der Waals surface area contributed by atoms with Crippen LogP contribution in [0.2, 0.25) is 0 Å². The van der Waals surface area contributed by atoms with Crippen molar-refractivity contribution in [1.29, 1.82) is 0 Å². The summed E-state index contributed by atoms with van der Waals surface area (Å²) in [4.78, 5) is 74.5.